The van der Waals surface area contributed by atoms with E-state index in [4.69, 9.17) is 6.42 Å². The summed E-state index contributed by atoms with van der Waals surface area (Å²) in [5.41, 5.74) is 0.430. The van der Waals surface area contributed by atoms with E-state index < -0.39 is 0 Å². The van der Waals surface area contributed by atoms with Gasteiger partial charge in [-0.1, -0.05) is 5.92 Å². The van der Waals surface area contributed by atoms with Crippen molar-refractivity contribution >= 4 is 28.5 Å². The number of carbonyl (C=O) groups is 1. The highest BCUT2D eigenvalue weighted by Crippen LogP contribution is 2.13. The molecule has 0 fully saturated rings. The number of rotatable bonds is 2. The Morgan fingerprint density at radius 1 is 1.67 bits per heavy atom. The first-order valence-electron chi connectivity index (χ1n) is 4.26. The van der Waals surface area contributed by atoms with Gasteiger partial charge in [0.1, 0.15) is 5.82 Å². The molecule has 1 aromatic carbocycles. The molecule has 0 aliphatic rings. The van der Waals surface area contributed by atoms with E-state index in [1.807, 2.05) is 22.6 Å². The van der Waals surface area contributed by atoms with Crippen LogP contribution in [0, 0.1) is 21.7 Å². The van der Waals surface area contributed by atoms with Crippen molar-refractivity contribution in [1.29, 1.82) is 0 Å². The van der Waals surface area contributed by atoms with Crippen molar-refractivity contribution in [3.05, 3.63) is 33.1 Å². The third-order valence-corrected chi connectivity index (χ3v) is 2.67. The van der Waals surface area contributed by atoms with E-state index in [9.17, 15) is 9.18 Å². The van der Waals surface area contributed by atoms with Gasteiger partial charge in [0.05, 0.1) is 11.6 Å². The lowest BCUT2D eigenvalue weighted by Gasteiger charge is -2.08. The molecular formula is C11H9FINO. The highest BCUT2D eigenvalue weighted by molar-refractivity contribution is 14.1. The number of amides is 1. The molecule has 78 valence electrons. The fourth-order valence-corrected chi connectivity index (χ4v) is 1.71. The van der Waals surface area contributed by atoms with Crippen LogP contribution < -0.4 is 5.32 Å². The summed E-state index contributed by atoms with van der Waals surface area (Å²) >= 11 is 1.91. The lowest BCUT2D eigenvalue weighted by atomic mass is 10.2. The highest BCUT2D eigenvalue weighted by atomic mass is 127. The number of carbonyl (C=O) groups excluding carboxylic acids is 1. The van der Waals surface area contributed by atoms with E-state index in [0.29, 0.717) is 9.13 Å². The number of halogens is 2. The van der Waals surface area contributed by atoms with Gasteiger partial charge in [0.25, 0.3) is 5.91 Å². The summed E-state index contributed by atoms with van der Waals surface area (Å²) < 4.78 is 13.3. The number of hydrogen-bond acceptors (Lipinski definition) is 1. The number of benzene rings is 1. The molecule has 1 amide bonds. The Kier molecular flexibility index (Phi) is 4.09. The first-order valence-corrected chi connectivity index (χ1v) is 5.34. The molecule has 0 saturated heterocycles. The van der Waals surface area contributed by atoms with Gasteiger partial charge in [-0.25, -0.2) is 4.39 Å². The van der Waals surface area contributed by atoms with Gasteiger partial charge in [-0.05, 0) is 47.7 Å². The van der Waals surface area contributed by atoms with Crippen LogP contribution in [0.15, 0.2) is 18.2 Å². The van der Waals surface area contributed by atoms with Gasteiger partial charge in [-0.15, -0.1) is 6.42 Å². The average molecular weight is 317 g/mol. The van der Waals surface area contributed by atoms with Gasteiger partial charge in [0.15, 0.2) is 0 Å². The second-order valence-corrected chi connectivity index (χ2v) is 4.15. The number of terminal acetylenes is 1. The molecule has 1 unspecified atom stereocenters. The summed E-state index contributed by atoms with van der Waals surface area (Å²) in [5, 5.41) is 2.60. The van der Waals surface area contributed by atoms with Crippen molar-refractivity contribution in [1.82, 2.24) is 5.32 Å². The Balaban J connectivity index is 2.88. The van der Waals surface area contributed by atoms with Gasteiger partial charge in [-0.3, -0.25) is 4.79 Å². The molecule has 0 bridgehead atoms. The molecule has 1 rings (SSSR count). The number of nitrogens with one attached hydrogen (secondary N) is 1. The minimum absolute atomic E-state index is 0.287. The summed E-state index contributed by atoms with van der Waals surface area (Å²) in [6.45, 7) is 1.70. The maximum Gasteiger partial charge on any atom is 0.253 e. The van der Waals surface area contributed by atoms with Crippen LogP contribution in [0.25, 0.3) is 0 Å². The molecule has 1 aromatic rings. The van der Waals surface area contributed by atoms with E-state index in [1.165, 1.54) is 18.2 Å². The Hall–Kier alpha value is -1.09. The Morgan fingerprint density at radius 3 is 2.87 bits per heavy atom. The number of hydrogen-bond donors (Lipinski definition) is 1. The van der Waals surface area contributed by atoms with Crippen molar-refractivity contribution in [2.24, 2.45) is 0 Å². The van der Waals surface area contributed by atoms with Gasteiger partial charge in [-0.2, -0.15) is 0 Å². The fraction of sp³-hybridized carbons (Fsp3) is 0.182. The second-order valence-electron chi connectivity index (χ2n) is 2.99. The monoisotopic (exact) mass is 317 g/mol. The topological polar surface area (TPSA) is 29.1 Å². The molecule has 0 saturated carbocycles. The highest BCUT2D eigenvalue weighted by Gasteiger charge is 2.11. The summed E-state index contributed by atoms with van der Waals surface area (Å²) in [6.07, 6.45) is 5.13. The van der Waals surface area contributed by atoms with Crippen LogP contribution in [0.1, 0.15) is 17.3 Å². The first-order chi connectivity index (χ1) is 7.04. The van der Waals surface area contributed by atoms with E-state index in [0.717, 1.165) is 0 Å². The van der Waals surface area contributed by atoms with Crippen LogP contribution in [0.2, 0.25) is 0 Å². The van der Waals surface area contributed by atoms with E-state index in [-0.39, 0.29) is 17.8 Å². The molecule has 1 N–H and O–H groups in total. The summed E-state index contributed by atoms with van der Waals surface area (Å²) in [7, 11) is 0. The minimum Gasteiger partial charge on any atom is -0.339 e. The minimum atomic E-state index is -0.360. The van der Waals surface area contributed by atoms with Crippen LogP contribution in [0.5, 0.6) is 0 Å². The standard InChI is InChI=1S/C11H9FINO/c1-3-7(2)14-11(15)9-5-4-8(12)6-10(9)13/h1,4-7H,2H3,(H,14,15). The quantitative estimate of drug-likeness (QED) is 0.657. The van der Waals surface area contributed by atoms with E-state index >= 15 is 0 Å². The predicted molar refractivity (Wildman–Crippen MR) is 64.9 cm³/mol. The molecule has 1 atom stereocenters. The van der Waals surface area contributed by atoms with Crippen molar-refractivity contribution in [3.63, 3.8) is 0 Å². The first kappa shape index (κ1) is 12.0. The van der Waals surface area contributed by atoms with Crippen LogP contribution in [0.3, 0.4) is 0 Å². The predicted octanol–water partition coefficient (Wildman–Crippen LogP) is 2.18. The normalized spacial score (nSPS) is 11.6. The van der Waals surface area contributed by atoms with Gasteiger partial charge in [0, 0.05) is 3.57 Å². The van der Waals surface area contributed by atoms with Crippen molar-refractivity contribution < 1.29 is 9.18 Å². The van der Waals surface area contributed by atoms with Crippen molar-refractivity contribution in [2.75, 3.05) is 0 Å². The van der Waals surface area contributed by atoms with Crippen molar-refractivity contribution in [2.45, 2.75) is 13.0 Å². The third-order valence-electron chi connectivity index (χ3n) is 1.77. The zero-order valence-electron chi connectivity index (χ0n) is 8.05. The fourth-order valence-electron chi connectivity index (χ4n) is 0.990. The summed E-state index contributed by atoms with van der Waals surface area (Å²) in [4.78, 5) is 11.6. The van der Waals surface area contributed by atoms with Gasteiger partial charge in [0.2, 0.25) is 0 Å². The summed E-state index contributed by atoms with van der Waals surface area (Å²) in [6, 6.07) is 3.65. The molecule has 0 heterocycles. The zero-order valence-corrected chi connectivity index (χ0v) is 10.2. The third kappa shape index (κ3) is 3.20. The molecule has 0 aromatic heterocycles. The Morgan fingerprint density at radius 2 is 2.33 bits per heavy atom. The maximum atomic E-state index is 12.8. The summed E-state index contributed by atoms with van der Waals surface area (Å²) in [5.74, 6) is 1.74. The van der Waals surface area contributed by atoms with E-state index in [2.05, 4.69) is 11.2 Å². The average Bonchev–Trinajstić information content (AvgIpc) is 2.17. The lowest BCUT2D eigenvalue weighted by Crippen LogP contribution is -2.31. The molecule has 0 radical (unpaired) electrons. The smallest absolute Gasteiger partial charge is 0.253 e. The molecule has 4 heteroatoms. The SMILES string of the molecule is C#CC(C)NC(=O)c1ccc(F)cc1I. The zero-order chi connectivity index (χ0) is 11.4. The maximum absolute atomic E-state index is 12.8. The van der Waals surface area contributed by atoms with Crippen LogP contribution >= 0.6 is 22.6 Å². The van der Waals surface area contributed by atoms with Gasteiger partial charge >= 0.3 is 0 Å². The molecule has 0 aliphatic carbocycles. The molecular weight excluding hydrogens is 308 g/mol. The van der Waals surface area contributed by atoms with Gasteiger partial charge < -0.3 is 5.32 Å². The van der Waals surface area contributed by atoms with Crippen LogP contribution in [-0.4, -0.2) is 11.9 Å². The van der Waals surface area contributed by atoms with E-state index in [1.54, 1.807) is 6.92 Å². The molecule has 15 heavy (non-hydrogen) atoms. The van der Waals surface area contributed by atoms with Crippen LogP contribution in [-0.2, 0) is 0 Å². The largest absolute Gasteiger partial charge is 0.339 e. The second kappa shape index (κ2) is 5.12. The lowest BCUT2D eigenvalue weighted by molar-refractivity contribution is 0.0947. The molecule has 2 nitrogen and oxygen atoms in total. The van der Waals surface area contributed by atoms with Crippen molar-refractivity contribution in [3.8, 4) is 12.3 Å². The molecule has 0 spiro atoms. The molecule has 0 aliphatic heterocycles. The van der Waals surface area contributed by atoms with Crippen LogP contribution in [0.4, 0.5) is 4.39 Å². The Bertz CT molecular complexity index is 425. The Labute approximate surface area is 101 Å².